The molecule has 116 valence electrons. The van der Waals surface area contributed by atoms with Crippen LogP contribution in [0.25, 0.3) is 0 Å². The first kappa shape index (κ1) is 15.8. The van der Waals surface area contributed by atoms with Crippen molar-refractivity contribution in [2.75, 3.05) is 18.8 Å². The van der Waals surface area contributed by atoms with Crippen LogP contribution in [0.1, 0.15) is 12.8 Å². The lowest BCUT2D eigenvalue weighted by Crippen LogP contribution is -2.49. The maximum atomic E-state index is 12.4. The van der Waals surface area contributed by atoms with Gasteiger partial charge in [-0.25, -0.2) is 0 Å². The molecule has 2 rings (SSSR count). The fraction of sp³-hybridized carbons (Fsp3) is 0.462. The summed E-state index contributed by atoms with van der Waals surface area (Å²) in [5.41, 5.74) is 6.07. The van der Waals surface area contributed by atoms with Crippen LogP contribution in [0.2, 0.25) is 5.02 Å². The van der Waals surface area contributed by atoms with E-state index in [0.717, 1.165) is 4.90 Å². The van der Waals surface area contributed by atoms with Gasteiger partial charge in [-0.1, -0.05) is 11.6 Å². The van der Waals surface area contributed by atoms with Crippen LogP contribution in [-0.2, 0) is 4.79 Å². The summed E-state index contributed by atoms with van der Waals surface area (Å²) >= 11 is 5.82. The smallest absolute Gasteiger partial charge is 0.471 e. The summed E-state index contributed by atoms with van der Waals surface area (Å²) in [4.78, 5) is 12.0. The first-order chi connectivity index (χ1) is 9.77. The number of halogens is 4. The van der Waals surface area contributed by atoms with Gasteiger partial charge in [0, 0.05) is 17.6 Å². The van der Waals surface area contributed by atoms with Gasteiger partial charge < -0.3 is 15.4 Å². The molecule has 21 heavy (non-hydrogen) atoms. The van der Waals surface area contributed by atoms with E-state index in [1.165, 1.54) is 6.07 Å². The van der Waals surface area contributed by atoms with Crippen LogP contribution in [0.3, 0.4) is 0 Å². The van der Waals surface area contributed by atoms with Gasteiger partial charge in [0.05, 0.1) is 12.2 Å². The number of benzene rings is 1. The molecule has 1 unspecified atom stereocenters. The number of likely N-dealkylation sites (tertiary alicyclic amines) is 1. The van der Waals surface area contributed by atoms with Crippen LogP contribution in [0.15, 0.2) is 18.2 Å². The average molecular weight is 323 g/mol. The number of nitrogens with two attached hydrogens (primary N) is 1. The molecule has 1 atom stereocenters. The largest absolute Gasteiger partial charge is 0.486 e. The van der Waals surface area contributed by atoms with Crippen molar-refractivity contribution in [2.45, 2.75) is 25.1 Å². The van der Waals surface area contributed by atoms with Crippen molar-refractivity contribution < 1.29 is 22.7 Å². The van der Waals surface area contributed by atoms with Gasteiger partial charge in [-0.2, -0.15) is 13.2 Å². The van der Waals surface area contributed by atoms with Gasteiger partial charge in [-0.3, -0.25) is 4.79 Å². The zero-order chi connectivity index (χ0) is 15.6. The van der Waals surface area contributed by atoms with Crippen molar-refractivity contribution in [3.05, 3.63) is 23.2 Å². The highest BCUT2D eigenvalue weighted by Crippen LogP contribution is 2.29. The summed E-state index contributed by atoms with van der Waals surface area (Å²) in [6.07, 6.45) is -4.41. The molecule has 1 aromatic carbocycles. The van der Waals surface area contributed by atoms with Gasteiger partial charge in [0.2, 0.25) is 0 Å². The van der Waals surface area contributed by atoms with E-state index in [2.05, 4.69) is 0 Å². The molecule has 1 aliphatic heterocycles. The molecule has 1 saturated heterocycles. The Morgan fingerprint density at radius 1 is 1.43 bits per heavy atom. The van der Waals surface area contributed by atoms with Crippen LogP contribution in [-0.4, -0.2) is 36.2 Å². The highest BCUT2D eigenvalue weighted by molar-refractivity contribution is 6.30. The number of amides is 1. The number of carbonyl (C=O) groups is 1. The number of hydrogen-bond acceptors (Lipinski definition) is 3. The van der Waals surface area contributed by atoms with Crippen molar-refractivity contribution in [3.63, 3.8) is 0 Å². The van der Waals surface area contributed by atoms with E-state index < -0.39 is 18.2 Å². The molecule has 2 N–H and O–H groups in total. The maximum absolute atomic E-state index is 12.4. The minimum absolute atomic E-state index is 0.0727. The number of piperidine rings is 1. The van der Waals surface area contributed by atoms with E-state index in [9.17, 15) is 18.0 Å². The molecule has 0 aliphatic carbocycles. The third-order valence-electron chi connectivity index (χ3n) is 3.18. The Balaban J connectivity index is 2.05. The molecule has 1 amide bonds. The Labute approximate surface area is 124 Å². The normalized spacial score (nSPS) is 19.4. The Hall–Kier alpha value is -1.63. The molecule has 0 bridgehead atoms. The van der Waals surface area contributed by atoms with Crippen molar-refractivity contribution in [3.8, 4) is 5.75 Å². The molecule has 1 heterocycles. The number of alkyl halides is 3. The third kappa shape index (κ3) is 3.93. The predicted octanol–water partition coefficient (Wildman–Crippen LogP) is 2.85. The summed E-state index contributed by atoms with van der Waals surface area (Å²) in [6.45, 7) is -0.0481. The second kappa shape index (κ2) is 6.01. The molecule has 1 aliphatic rings. The molecule has 0 aromatic heterocycles. The molecule has 1 aromatic rings. The lowest BCUT2D eigenvalue weighted by atomic mass is 10.1. The van der Waals surface area contributed by atoms with E-state index in [0.29, 0.717) is 29.3 Å². The van der Waals surface area contributed by atoms with Gasteiger partial charge in [0.15, 0.2) is 0 Å². The Morgan fingerprint density at radius 2 is 2.14 bits per heavy atom. The van der Waals surface area contributed by atoms with Crippen LogP contribution in [0, 0.1) is 0 Å². The van der Waals surface area contributed by atoms with Crippen molar-refractivity contribution in [1.29, 1.82) is 0 Å². The SMILES string of the molecule is Nc1ccc(Cl)cc1OC1CCCN(C(=O)C(F)(F)F)C1. The minimum atomic E-state index is -4.86. The number of nitrogen functional groups attached to an aromatic ring is 1. The zero-order valence-electron chi connectivity index (χ0n) is 11.0. The van der Waals surface area contributed by atoms with E-state index in [4.69, 9.17) is 22.1 Å². The van der Waals surface area contributed by atoms with Gasteiger partial charge in [0.25, 0.3) is 0 Å². The van der Waals surface area contributed by atoms with E-state index in [1.807, 2.05) is 0 Å². The molecular formula is C13H14ClF3N2O2. The standard InChI is InChI=1S/C13H14ClF3N2O2/c14-8-3-4-10(18)11(6-8)21-9-2-1-5-19(7-9)12(20)13(15,16)17/h3-4,6,9H,1-2,5,7,18H2. The Kier molecular flexibility index (Phi) is 4.51. The number of ether oxygens (including phenoxy) is 1. The fourth-order valence-corrected chi connectivity index (χ4v) is 2.35. The number of hydrogen-bond donors (Lipinski definition) is 1. The topological polar surface area (TPSA) is 55.6 Å². The molecule has 1 fully saturated rings. The maximum Gasteiger partial charge on any atom is 0.471 e. The van der Waals surface area contributed by atoms with E-state index >= 15 is 0 Å². The van der Waals surface area contributed by atoms with E-state index in [-0.39, 0.29) is 13.1 Å². The fourth-order valence-electron chi connectivity index (χ4n) is 2.19. The third-order valence-corrected chi connectivity index (χ3v) is 3.41. The molecule has 0 radical (unpaired) electrons. The van der Waals surface area contributed by atoms with Crippen molar-refractivity contribution in [2.24, 2.45) is 0 Å². The number of nitrogens with zero attached hydrogens (tertiary/aromatic N) is 1. The number of rotatable bonds is 2. The van der Waals surface area contributed by atoms with Crippen LogP contribution in [0.5, 0.6) is 5.75 Å². The molecule has 0 spiro atoms. The van der Waals surface area contributed by atoms with Crippen LogP contribution >= 0.6 is 11.6 Å². The second-order valence-electron chi connectivity index (χ2n) is 4.81. The Morgan fingerprint density at radius 3 is 2.81 bits per heavy atom. The number of carbonyl (C=O) groups excluding carboxylic acids is 1. The Bertz CT molecular complexity index is 537. The van der Waals surface area contributed by atoms with Gasteiger partial charge in [-0.05, 0) is 25.0 Å². The van der Waals surface area contributed by atoms with Gasteiger partial charge in [0.1, 0.15) is 11.9 Å². The monoisotopic (exact) mass is 322 g/mol. The second-order valence-corrected chi connectivity index (χ2v) is 5.25. The van der Waals surface area contributed by atoms with Gasteiger partial charge in [-0.15, -0.1) is 0 Å². The summed E-state index contributed by atoms with van der Waals surface area (Å²) in [6, 6.07) is 4.64. The van der Waals surface area contributed by atoms with Gasteiger partial charge >= 0.3 is 12.1 Å². The molecule has 0 saturated carbocycles. The highest BCUT2D eigenvalue weighted by atomic mass is 35.5. The van der Waals surface area contributed by atoms with Crippen molar-refractivity contribution >= 4 is 23.2 Å². The molecular weight excluding hydrogens is 309 g/mol. The lowest BCUT2D eigenvalue weighted by molar-refractivity contribution is -0.187. The molecule has 8 heteroatoms. The predicted molar refractivity (Wildman–Crippen MR) is 72.1 cm³/mol. The summed E-state index contributed by atoms with van der Waals surface area (Å²) < 4.78 is 42.9. The van der Waals surface area contributed by atoms with Crippen LogP contribution < -0.4 is 10.5 Å². The summed E-state index contributed by atoms with van der Waals surface area (Å²) in [5.74, 6) is -1.52. The zero-order valence-corrected chi connectivity index (χ0v) is 11.7. The first-order valence-corrected chi connectivity index (χ1v) is 6.73. The average Bonchev–Trinajstić information content (AvgIpc) is 2.41. The summed E-state index contributed by atoms with van der Waals surface area (Å²) in [5, 5.41) is 0.415. The summed E-state index contributed by atoms with van der Waals surface area (Å²) in [7, 11) is 0. The lowest BCUT2D eigenvalue weighted by Gasteiger charge is -2.33. The van der Waals surface area contributed by atoms with Crippen molar-refractivity contribution in [1.82, 2.24) is 4.90 Å². The number of anilines is 1. The van der Waals surface area contributed by atoms with Crippen LogP contribution in [0.4, 0.5) is 18.9 Å². The minimum Gasteiger partial charge on any atom is -0.486 e. The quantitative estimate of drug-likeness (QED) is 0.852. The van der Waals surface area contributed by atoms with E-state index in [1.54, 1.807) is 12.1 Å². The highest BCUT2D eigenvalue weighted by Gasteiger charge is 2.43. The molecule has 4 nitrogen and oxygen atoms in total. The first-order valence-electron chi connectivity index (χ1n) is 6.35.